The predicted octanol–water partition coefficient (Wildman–Crippen LogP) is 6.04. The number of carboxylic acid groups (broad SMARTS) is 1. The molecule has 2 atom stereocenters. The van der Waals surface area contributed by atoms with Crippen LogP contribution < -0.4 is 19.7 Å². The average molecular weight is 580 g/mol. The first kappa shape index (κ1) is 33.3. The molecule has 0 saturated heterocycles. The second-order valence-corrected chi connectivity index (χ2v) is 10.9. The van der Waals surface area contributed by atoms with Gasteiger partial charge in [-0.05, 0) is 36.6 Å². The van der Waals surface area contributed by atoms with Crippen molar-refractivity contribution < 1.29 is 42.7 Å². The number of carbonyl (C=O) groups excluding carboxylic acids is 1. The van der Waals surface area contributed by atoms with Crippen LogP contribution in [0.1, 0.15) is 76.7 Å². The van der Waals surface area contributed by atoms with Crippen LogP contribution >= 0.6 is 7.82 Å². The van der Waals surface area contributed by atoms with Gasteiger partial charge < -0.3 is 24.8 Å². The SMILES string of the molecule is CCCCCCCCCCCOc1ccccc1CCC(=O)Oc1ccccc1OP(=O)(O)OC[C@H](N)C(=O)O. The monoisotopic (exact) mass is 579 g/mol. The van der Waals surface area contributed by atoms with Gasteiger partial charge in [0.05, 0.1) is 19.6 Å². The molecule has 0 heterocycles. The first-order chi connectivity index (χ1) is 19.2. The van der Waals surface area contributed by atoms with Crippen molar-refractivity contribution in [3.05, 3.63) is 54.1 Å². The fourth-order valence-electron chi connectivity index (χ4n) is 3.86. The third kappa shape index (κ3) is 13.4. The van der Waals surface area contributed by atoms with E-state index in [1.165, 1.54) is 63.1 Å². The molecule has 0 amide bonds. The van der Waals surface area contributed by atoms with Gasteiger partial charge >= 0.3 is 19.8 Å². The number of benzene rings is 2. The number of aryl methyl sites for hydroxylation is 1. The number of carbonyl (C=O) groups is 2. The van der Waals surface area contributed by atoms with Crippen LogP contribution in [0.5, 0.6) is 17.2 Å². The predicted molar refractivity (Wildman–Crippen MR) is 152 cm³/mol. The molecule has 0 bridgehead atoms. The number of ether oxygens (including phenoxy) is 2. The zero-order valence-electron chi connectivity index (χ0n) is 23.2. The van der Waals surface area contributed by atoms with Gasteiger partial charge in [-0.25, -0.2) is 4.57 Å². The lowest BCUT2D eigenvalue weighted by atomic mass is 10.1. The number of phosphoric acid groups is 1. The van der Waals surface area contributed by atoms with Crippen molar-refractivity contribution in [2.24, 2.45) is 5.73 Å². The summed E-state index contributed by atoms with van der Waals surface area (Å²) in [6, 6.07) is 11.8. The lowest BCUT2D eigenvalue weighted by Gasteiger charge is -2.16. The van der Waals surface area contributed by atoms with E-state index in [-0.39, 0.29) is 17.9 Å². The number of aliphatic carboxylic acids is 1. The van der Waals surface area contributed by atoms with Crippen LogP contribution in [0.4, 0.5) is 0 Å². The Balaban J connectivity index is 1.80. The summed E-state index contributed by atoms with van der Waals surface area (Å²) in [5.41, 5.74) is 6.16. The summed E-state index contributed by atoms with van der Waals surface area (Å²) in [5, 5.41) is 8.79. The molecule has 222 valence electrons. The summed E-state index contributed by atoms with van der Waals surface area (Å²) < 4.78 is 33.2. The molecule has 2 aromatic carbocycles. The Labute approximate surface area is 236 Å². The Morgan fingerprint density at radius 2 is 1.45 bits per heavy atom. The van der Waals surface area contributed by atoms with Gasteiger partial charge in [-0.15, -0.1) is 0 Å². The Morgan fingerprint density at radius 1 is 0.875 bits per heavy atom. The second kappa shape index (κ2) is 18.4. The normalized spacial score (nSPS) is 13.3. The number of para-hydroxylation sites is 3. The van der Waals surface area contributed by atoms with Gasteiger partial charge in [-0.1, -0.05) is 88.6 Å². The number of esters is 1. The largest absolute Gasteiger partial charge is 0.527 e. The minimum atomic E-state index is -4.73. The van der Waals surface area contributed by atoms with Crippen LogP contribution in [-0.4, -0.2) is 41.2 Å². The molecule has 10 nitrogen and oxygen atoms in total. The average Bonchev–Trinajstić information content (AvgIpc) is 2.93. The molecule has 0 aliphatic heterocycles. The van der Waals surface area contributed by atoms with E-state index >= 15 is 0 Å². The summed E-state index contributed by atoms with van der Waals surface area (Å²) in [7, 11) is -4.73. The molecule has 2 rings (SSSR count). The molecule has 0 aliphatic carbocycles. The molecule has 2 aromatic rings. The van der Waals surface area contributed by atoms with E-state index < -0.39 is 32.4 Å². The van der Waals surface area contributed by atoms with Gasteiger partial charge in [0.1, 0.15) is 11.8 Å². The summed E-state index contributed by atoms with van der Waals surface area (Å²) in [6.07, 6.45) is 11.5. The van der Waals surface area contributed by atoms with E-state index in [2.05, 4.69) is 11.4 Å². The number of hydrogen-bond acceptors (Lipinski definition) is 8. The van der Waals surface area contributed by atoms with E-state index in [9.17, 15) is 19.0 Å². The van der Waals surface area contributed by atoms with Crippen molar-refractivity contribution in [1.29, 1.82) is 0 Å². The molecule has 11 heteroatoms. The fraction of sp³-hybridized carbons (Fsp3) is 0.517. The molecule has 1 unspecified atom stereocenters. The number of hydrogen-bond donors (Lipinski definition) is 3. The summed E-state index contributed by atoms with van der Waals surface area (Å²) in [6.45, 7) is 2.10. The van der Waals surface area contributed by atoms with Gasteiger partial charge in [0.2, 0.25) is 0 Å². The van der Waals surface area contributed by atoms with E-state index in [1.807, 2.05) is 24.3 Å². The lowest BCUT2D eigenvalue weighted by Crippen LogP contribution is -2.34. The third-order valence-corrected chi connectivity index (χ3v) is 7.00. The number of phosphoric ester groups is 1. The molecule has 0 aliphatic rings. The third-order valence-electron chi connectivity index (χ3n) is 6.10. The summed E-state index contributed by atoms with van der Waals surface area (Å²) >= 11 is 0. The number of rotatable bonds is 21. The van der Waals surface area contributed by atoms with Gasteiger partial charge in [-0.3, -0.25) is 19.0 Å². The highest BCUT2D eigenvalue weighted by Crippen LogP contribution is 2.46. The van der Waals surface area contributed by atoms with Crippen molar-refractivity contribution in [3.8, 4) is 17.2 Å². The van der Waals surface area contributed by atoms with Crippen LogP contribution in [0, 0.1) is 0 Å². The van der Waals surface area contributed by atoms with E-state index in [4.69, 9.17) is 24.8 Å². The topological polar surface area (TPSA) is 155 Å². The van der Waals surface area contributed by atoms with Crippen molar-refractivity contribution in [2.45, 2.75) is 83.6 Å². The van der Waals surface area contributed by atoms with Crippen LogP contribution in [0.25, 0.3) is 0 Å². The minimum Gasteiger partial charge on any atom is -0.493 e. The standard InChI is InChI=1S/C29H42NO9P/c1-2-3-4-5-6-7-8-9-14-21-36-25-16-11-10-15-23(25)19-20-28(31)38-26-17-12-13-18-27(26)39-40(34,35)37-22-24(30)29(32)33/h10-13,15-18,24H,2-9,14,19-22,30H2,1H3,(H,32,33)(H,34,35)/t24-/m0/s1. The van der Waals surface area contributed by atoms with Gasteiger partial charge in [0.15, 0.2) is 11.5 Å². The van der Waals surface area contributed by atoms with E-state index in [1.54, 1.807) is 6.07 Å². The van der Waals surface area contributed by atoms with Crippen molar-refractivity contribution in [1.82, 2.24) is 0 Å². The highest BCUT2D eigenvalue weighted by atomic mass is 31.2. The molecule has 0 fully saturated rings. The van der Waals surface area contributed by atoms with Crippen molar-refractivity contribution in [2.75, 3.05) is 13.2 Å². The highest BCUT2D eigenvalue weighted by Gasteiger charge is 2.28. The van der Waals surface area contributed by atoms with E-state index in [0.717, 1.165) is 24.2 Å². The Kier molecular flexibility index (Phi) is 15.4. The van der Waals surface area contributed by atoms with Crippen LogP contribution in [0.2, 0.25) is 0 Å². The zero-order valence-corrected chi connectivity index (χ0v) is 24.1. The minimum absolute atomic E-state index is 0.0352. The maximum absolute atomic E-state index is 12.6. The number of carboxylic acids is 1. The fourth-order valence-corrected chi connectivity index (χ4v) is 4.66. The molecular formula is C29H42NO9P. The second-order valence-electron chi connectivity index (χ2n) is 9.51. The molecule has 4 N–H and O–H groups in total. The van der Waals surface area contributed by atoms with Crippen LogP contribution in [0.15, 0.2) is 48.5 Å². The van der Waals surface area contributed by atoms with Crippen LogP contribution in [-0.2, 0) is 25.1 Å². The van der Waals surface area contributed by atoms with Crippen molar-refractivity contribution in [3.63, 3.8) is 0 Å². The van der Waals surface area contributed by atoms with E-state index in [0.29, 0.717) is 13.0 Å². The molecular weight excluding hydrogens is 537 g/mol. The Hall–Kier alpha value is -2.91. The first-order valence-corrected chi connectivity index (χ1v) is 15.4. The summed E-state index contributed by atoms with van der Waals surface area (Å²) in [5.74, 6) is -1.54. The quantitative estimate of drug-likeness (QED) is 0.0690. The molecule has 0 radical (unpaired) electrons. The molecule has 0 saturated carbocycles. The number of unbranched alkanes of at least 4 members (excludes halogenated alkanes) is 8. The molecule has 40 heavy (non-hydrogen) atoms. The Bertz CT molecular complexity index is 1090. The van der Waals surface area contributed by atoms with Gasteiger partial charge in [0.25, 0.3) is 0 Å². The molecule has 0 spiro atoms. The zero-order chi connectivity index (χ0) is 29.2. The van der Waals surface area contributed by atoms with Gasteiger partial charge in [0, 0.05) is 0 Å². The maximum atomic E-state index is 12.6. The van der Waals surface area contributed by atoms with Crippen molar-refractivity contribution >= 4 is 19.8 Å². The van der Waals surface area contributed by atoms with Gasteiger partial charge in [-0.2, -0.15) is 0 Å². The molecule has 0 aromatic heterocycles. The number of nitrogens with two attached hydrogens (primary N) is 1. The summed E-state index contributed by atoms with van der Waals surface area (Å²) in [4.78, 5) is 33.3. The maximum Gasteiger partial charge on any atom is 0.527 e. The highest BCUT2D eigenvalue weighted by molar-refractivity contribution is 7.47. The Morgan fingerprint density at radius 3 is 2.10 bits per heavy atom. The lowest BCUT2D eigenvalue weighted by molar-refractivity contribution is -0.139. The first-order valence-electron chi connectivity index (χ1n) is 13.9. The van der Waals surface area contributed by atoms with Crippen LogP contribution in [0.3, 0.4) is 0 Å². The smallest absolute Gasteiger partial charge is 0.493 e.